The van der Waals surface area contributed by atoms with Crippen molar-refractivity contribution < 1.29 is 14.2 Å². The van der Waals surface area contributed by atoms with Gasteiger partial charge in [0.1, 0.15) is 5.82 Å². The maximum absolute atomic E-state index is 13.0. The van der Waals surface area contributed by atoms with Crippen LogP contribution in [-0.4, -0.2) is 92.5 Å². The van der Waals surface area contributed by atoms with Crippen molar-refractivity contribution in [3.63, 3.8) is 0 Å². The van der Waals surface area contributed by atoms with E-state index >= 15 is 0 Å². The van der Waals surface area contributed by atoms with Crippen molar-refractivity contribution in [3.05, 3.63) is 30.1 Å². The van der Waals surface area contributed by atoms with Crippen LogP contribution >= 0.6 is 24.0 Å². The van der Waals surface area contributed by atoms with Gasteiger partial charge in [-0.3, -0.25) is 9.89 Å². The molecule has 0 aliphatic carbocycles. The minimum Gasteiger partial charge on any atom is -0.390 e. The van der Waals surface area contributed by atoms with E-state index in [2.05, 4.69) is 14.8 Å². The quantitative estimate of drug-likeness (QED) is 0.355. The van der Waals surface area contributed by atoms with E-state index in [9.17, 15) is 9.50 Å². The van der Waals surface area contributed by atoms with Crippen molar-refractivity contribution in [2.24, 2.45) is 10.7 Å². The highest BCUT2D eigenvalue weighted by molar-refractivity contribution is 14.0. The number of guanidine groups is 1. The molecule has 2 aliphatic heterocycles. The minimum atomic E-state index is -0.521. The summed E-state index contributed by atoms with van der Waals surface area (Å²) in [4.78, 5) is 10.8. The number of aliphatic hydroxyl groups excluding tert-OH is 1. The normalized spacial score (nSPS) is 20.3. The molecule has 152 valence electrons. The molecule has 2 fully saturated rings. The van der Waals surface area contributed by atoms with Crippen molar-refractivity contribution in [2.45, 2.75) is 6.10 Å². The van der Waals surface area contributed by atoms with Crippen LogP contribution in [0.15, 0.2) is 29.3 Å². The zero-order chi connectivity index (χ0) is 18.4. The van der Waals surface area contributed by atoms with Crippen LogP contribution in [0.4, 0.5) is 10.1 Å². The zero-order valence-electron chi connectivity index (χ0n) is 15.5. The van der Waals surface area contributed by atoms with Crippen LogP contribution in [0.1, 0.15) is 0 Å². The van der Waals surface area contributed by atoms with Gasteiger partial charge < -0.3 is 25.4 Å². The van der Waals surface area contributed by atoms with Crippen molar-refractivity contribution in [2.75, 3.05) is 70.5 Å². The van der Waals surface area contributed by atoms with Gasteiger partial charge in [-0.25, -0.2) is 4.39 Å². The molecular weight excluding hydrogens is 464 g/mol. The lowest BCUT2D eigenvalue weighted by Crippen LogP contribution is -2.51. The number of hydrogen-bond acceptors (Lipinski definition) is 5. The summed E-state index contributed by atoms with van der Waals surface area (Å²) in [6.45, 7) is 7.16. The largest absolute Gasteiger partial charge is 0.390 e. The summed E-state index contributed by atoms with van der Waals surface area (Å²) in [5.74, 6) is 0.254. The molecule has 0 spiro atoms. The Morgan fingerprint density at radius 3 is 2.37 bits per heavy atom. The van der Waals surface area contributed by atoms with E-state index in [1.165, 1.54) is 12.1 Å². The summed E-state index contributed by atoms with van der Waals surface area (Å²) in [6, 6.07) is 6.55. The molecular formula is C18H29FIN5O2. The number of ether oxygens (including phenoxy) is 1. The van der Waals surface area contributed by atoms with Gasteiger partial charge in [-0.2, -0.15) is 0 Å². The first-order valence-corrected chi connectivity index (χ1v) is 9.15. The number of piperazine rings is 1. The molecule has 3 N–H and O–H groups in total. The van der Waals surface area contributed by atoms with E-state index in [-0.39, 0.29) is 29.8 Å². The molecule has 1 aromatic rings. The monoisotopic (exact) mass is 493 g/mol. The molecule has 1 atom stereocenters. The average molecular weight is 493 g/mol. The van der Waals surface area contributed by atoms with Crippen molar-refractivity contribution in [1.29, 1.82) is 0 Å². The SMILES string of the molecule is I.NC(=NCC(O)CN1CCOCC1)N1CCN(c2ccc(F)cc2)CC1. The summed E-state index contributed by atoms with van der Waals surface area (Å²) in [5, 5.41) is 10.2. The molecule has 0 bridgehead atoms. The van der Waals surface area contributed by atoms with Crippen LogP contribution in [0.2, 0.25) is 0 Å². The number of nitrogens with two attached hydrogens (primary N) is 1. The van der Waals surface area contributed by atoms with Gasteiger partial charge in [0.2, 0.25) is 0 Å². The Bertz CT molecular complexity index is 590. The van der Waals surface area contributed by atoms with Crippen LogP contribution in [0, 0.1) is 5.82 Å². The molecule has 0 amide bonds. The van der Waals surface area contributed by atoms with Gasteiger partial charge in [-0.1, -0.05) is 0 Å². The van der Waals surface area contributed by atoms with Crippen LogP contribution in [-0.2, 0) is 4.74 Å². The Morgan fingerprint density at radius 2 is 1.74 bits per heavy atom. The molecule has 1 unspecified atom stereocenters. The average Bonchev–Trinajstić information content (AvgIpc) is 2.68. The Kier molecular flexibility index (Phi) is 9.00. The summed E-state index contributed by atoms with van der Waals surface area (Å²) in [7, 11) is 0. The number of anilines is 1. The number of aliphatic hydroxyl groups is 1. The molecule has 2 aliphatic rings. The summed E-state index contributed by atoms with van der Waals surface area (Å²) in [6.07, 6.45) is -0.521. The third-order valence-electron chi connectivity index (χ3n) is 4.83. The second kappa shape index (κ2) is 11.0. The smallest absolute Gasteiger partial charge is 0.191 e. The van der Waals surface area contributed by atoms with Crippen LogP contribution in [0.5, 0.6) is 0 Å². The fourth-order valence-electron chi connectivity index (χ4n) is 3.28. The fourth-order valence-corrected chi connectivity index (χ4v) is 3.28. The Hall–Kier alpha value is -1.17. The predicted octanol–water partition coefficient (Wildman–Crippen LogP) is 0.574. The Balaban J connectivity index is 0.00000261. The first-order valence-electron chi connectivity index (χ1n) is 9.15. The molecule has 9 heteroatoms. The summed E-state index contributed by atoms with van der Waals surface area (Å²) < 4.78 is 18.3. The summed E-state index contributed by atoms with van der Waals surface area (Å²) >= 11 is 0. The number of aliphatic imine (C=N–C) groups is 1. The van der Waals surface area contributed by atoms with Gasteiger partial charge >= 0.3 is 0 Å². The highest BCUT2D eigenvalue weighted by atomic mass is 127. The van der Waals surface area contributed by atoms with Gasteiger partial charge in [0.15, 0.2) is 5.96 Å². The van der Waals surface area contributed by atoms with Crippen molar-refractivity contribution in [3.8, 4) is 0 Å². The fraction of sp³-hybridized carbons (Fsp3) is 0.611. The number of hydrogen-bond donors (Lipinski definition) is 2. The second-order valence-corrected chi connectivity index (χ2v) is 6.72. The molecule has 7 nitrogen and oxygen atoms in total. The predicted molar refractivity (Wildman–Crippen MR) is 115 cm³/mol. The lowest BCUT2D eigenvalue weighted by Gasteiger charge is -2.36. The zero-order valence-corrected chi connectivity index (χ0v) is 17.8. The van der Waals surface area contributed by atoms with E-state index in [0.717, 1.165) is 58.2 Å². The minimum absolute atomic E-state index is 0. The number of halogens is 2. The summed E-state index contributed by atoms with van der Waals surface area (Å²) in [5.41, 5.74) is 7.11. The van der Waals surface area contributed by atoms with E-state index in [1.807, 2.05) is 4.90 Å². The van der Waals surface area contributed by atoms with E-state index in [0.29, 0.717) is 19.0 Å². The van der Waals surface area contributed by atoms with Gasteiger partial charge in [-0.05, 0) is 24.3 Å². The maximum atomic E-state index is 13.0. The van der Waals surface area contributed by atoms with Crippen LogP contribution in [0.25, 0.3) is 0 Å². The van der Waals surface area contributed by atoms with Gasteiger partial charge in [0, 0.05) is 51.5 Å². The molecule has 27 heavy (non-hydrogen) atoms. The second-order valence-electron chi connectivity index (χ2n) is 6.72. The molecule has 2 heterocycles. The number of benzene rings is 1. The standard InChI is InChI=1S/C18H28FN5O2.HI/c19-15-1-3-16(4-2-15)23-5-7-24(8-6-23)18(20)21-13-17(25)14-22-9-11-26-12-10-22;/h1-4,17,25H,5-14H2,(H2,20,21);1H. The maximum Gasteiger partial charge on any atom is 0.191 e. The first-order chi connectivity index (χ1) is 12.6. The molecule has 3 rings (SSSR count). The molecule has 1 aromatic carbocycles. The lowest BCUT2D eigenvalue weighted by atomic mass is 10.2. The number of morpholine rings is 1. The highest BCUT2D eigenvalue weighted by Gasteiger charge is 2.19. The van der Waals surface area contributed by atoms with Gasteiger partial charge in [-0.15, -0.1) is 24.0 Å². The highest BCUT2D eigenvalue weighted by Crippen LogP contribution is 2.16. The van der Waals surface area contributed by atoms with Gasteiger partial charge in [0.05, 0.1) is 25.9 Å². The topological polar surface area (TPSA) is 77.6 Å². The molecule has 0 saturated carbocycles. The number of rotatable bonds is 5. The third kappa shape index (κ3) is 6.74. The van der Waals surface area contributed by atoms with E-state index < -0.39 is 6.10 Å². The van der Waals surface area contributed by atoms with E-state index in [4.69, 9.17) is 10.5 Å². The molecule has 0 aromatic heterocycles. The number of β-amino-alcohol motifs (C(OH)–C–C–N with tert-alkyl or cyclic N) is 1. The Labute approximate surface area is 177 Å². The van der Waals surface area contributed by atoms with Crippen molar-refractivity contribution >= 4 is 35.6 Å². The third-order valence-corrected chi connectivity index (χ3v) is 4.83. The Morgan fingerprint density at radius 1 is 1.11 bits per heavy atom. The van der Waals surface area contributed by atoms with Crippen LogP contribution in [0.3, 0.4) is 0 Å². The van der Waals surface area contributed by atoms with Gasteiger partial charge in [0.25, 0.3) is 0 Å². The first kappa shape index (κ1) is 22.1. The van der Waals surface area contributed by atoms with Crippen molar-refractivity contribution in [1.82, 2.24) is 9.80 Å². The van der Waals surface area contributed by atoms with Crippen LogP contribution < -0.4 is 10.6 Å². The molecule has 2 saturated heterocycles. The van der Waals surface area contributed by atoms with E-state index in [1.54, 1.807) is 12.1 Å². The number of nitrogens with zero attached hydrogens (tertiary/aromatic N) is 4. The lowest BCUT2D eigenvalue weighted by molar-refractivity contribution is 0.0164. The molecule has 0 radical (unpaired) electrons.